The van der Waals surface area contributed by atoms with Crippen molar-refractivity contribution >= 4 is 36.0 Å². The predicted molar refractivity (Wildman–Crippen MR) is 81.9 cm³/mol. The maximum absolute atomic E-state index is 13.3. The maximum Gasteiger partial charge on any atom is 0.239 e. The van der Waals surface area contributed by atoms with E-state index in [2.05, 4.69) is 10.6 Å². The first-order valence-electron chi connectivity index (χ1n) is 6.28. The third-order valence-corrected chi connectivity index (χ3v) is 4.10. The number of amides is 2. The molecule has 0 saturated heterocycles. The summed E-state index contributed by atoms with van der Waals surface area (Å²) in [5.74, 6) is -0.148. The summed E-state index contributed by atoms with van der Waals surface area (Å²) in [5, 5.41) is 5.21. The number of rotatable bonds is 4. The van der Waals surface area contributed by atoms with Gasteiger partial charge in [0.25, 0.3) is 0 Å². The molecule has 2 rings (SSSR count). The van der Waals surface area contributed by atoms with Crippen LogP contribution in [-0.2, 0) is 9.59 Å². The van der Waals surface area contributed by atoms with Crippen LogP contribution >= 0.6 is 24.2 Å². The van der Waals surface area contributed by atoms with Crippen molar-refractivity contribution in [1.29, 1.82) is 0 Å². The Kier molecular flexibility index (Phi) is 6.94. The van der Waals surface area contributed by atoms with Gasteiger partial charge in [-0.3, -0.25) is 9.59 Å². The Labute approximate surface area is 132 Å². The zero-order valence-corrected chi connectivity index (χ0v) is 12.9. The molecule has 1 heterocycles. The number of nitrogens with one attached hydrogen (secondary N) is 2. The van der Waals surface area contributed by atoms with Crippen molar-refractivity contribution in [2.24, 2.45) is 5.73 Å². The first-order chi connectivity index (χ1) is 9.60. The Morgan fingerprint density at radius 2 is 2.14 bits per heavy atom. The minimum absolute atomic E-state index is 0. The highest BCUT2D eigenvalue weighted by Gasteiger charge is 2.22. The summed E-state index contributed by atoms with van der Waals surface area (Å²) < 4.78 is 13.3. The molecular formula is C13H17ClFN3O2S. The molecule has 5 nitrogen and oxygen atoms in total. The largest absolute Gasteiger partial charge is 0.348 e. The number of nitrogens with two attached hydrogens (primary N) is 1. The molecule has 0 bridgehead atoms. The zero-order valence-electron chi connectivity index (χ0n) is 11.2. The van der Waals surface area contributed by atoms with E-state index in [4.69, 9.17) is 5.73 Å². The molecule has 1 aromatic rings. The molecule has 0 saturated carbocycles. The van der Waals surface area contributed by atoms with E-state index in [9.17, 15) is 14.0 Å². The molecule has 116 valence electrons. The lowest BCUT2D eigenvalue weighted by Gasteiger charge is -2.26. The van der Waals surface area contributed by atoms with E-state index in [0.717, 1.165) is 22.6 Å². The third kappa shape index (κ3) is 4.87. The zero-order chi connectivity index (χ0) is 14.5. The molecule has 0 radical (unpaired) electrons. The summed E-state index contributed by atoms with van der Waals surface area (Å²) >= 11 is 1.65. The summed E-state index contributed by atoms with van der Waals surface area (Å²) in [7, 11) is 0. The summed E-state index contributed by atoms with van der Waals surface area (Å²) in [6, 6.07) is 4.37. The first kappa shape index (κ1) is 17.7. The number of thioether (sulfide) groups is 1. The van der Waals surface area contributed by atoms with E-state index < -0.39 is 0 Å². The SMILES string of the molecule is Cl.NCC(=O)NCC(=O)NC1CCSc2ccc(F)cc21. The molecule has 0 aromatic heterocycles. The van der Waals surface area contributed by atoms with Gasteiger partial charge in [0, 0.05) is 10.6 Å². The van der Waals surface area contributed by atoms with Crippen molar-refractivity contribution in [3.63, 3.8) is 0 Å². The molecule has 0 spiro atoms. The van der Waals surface area contributed by atoms with Gasteiger partial charge in [-0.25, -0.2) is 4.39 Å². The van der Waals surface area contributed by atoms with Crippen LogP contribution in [0.1, 0.15) is 18.0 Å². The van der Waals surface area contributed by atoms with Crippen molar-refractivity contribution in [3.8, 4) is 0 Å². The third-order valence-electron chi connectivity index (χ3n) is 2.98. The van der Waals surface area contributed by atoms with E-state index in [1.165, 1.54) is 12.1 Å². The molecule has 1 aliphatic heterocycles. The van der Waals surface area contributed by atoms with E-state index in [-0.39, 0.29) is 49.2 Å². The van der Waals surface area contributed by atoms with Gasteiger partial charge in [0.15, 0.2) is 0 Å². The Balaban J connectivity index is 0.00000220. The van der Waals surface area contributed by atoms with Crippen LogP contribution in [0.2, 0.25) is 0 Å². The van der Waals surface area contributed by atoms with Gasteiger partial charge in [0.2, 0.25) is 11.8 Å². The van der Waals surface area contributed by atoms with Crippen LogP contribution in [0, 0.1) is 5.82 Å². The molecule has 1 aromatic carbocycles. The van der Waals surface area contributed by atoms with E-state index in [1.807, 2.05) is 0 Å². The second-order valence-corrected chi connectivity index (χ2v) is 5.56. The van der Waals surface area contributed by atoms with Gasteiger partial charge in [0.05, 0.1) is 19.1 Å². The van der Waals surface area contributed by atoms with Crippen LogP contribution in [0.5, 0.6) is 0 Å². The Bertz CT molecular complexity index is 530. The molecule has 21 heavy (non-hydrogen) atoms. The van der Waals surface area contributed by atoms with Crippen LogP contribution < -0.4 is 16.4 Å². The van der Waals surface area contributed by atoms with Gasteiger partial charge in [0.1, 0.15) is 5.82 Å². The van der Waals surface area contributed by atoms with Gasteiger partial charge >= 0.3 is 0 Å². The van der Waals surface area contributed by atoms with Crippen LogP contribution in [0.4, 0.5) is 4.39 Å². The summed E-state index contributed by atoms with van der Waals surface area (Å²) in [6.07, 6.45) is 0.734. The number of carbonyl (C=O) groups is 2. The molecule has 0 fully saturated rings. The highest BCUT2D eigenvalue weighted by molar-refractivity contribution is 7.99. The number of carbonyl (C=O) groups excluding carboxylic acids is 2. The monoisotopic (exact) mass is 333 g/mol. The fourth-order valence-corrected chi connectivity index (χ4v) is 3.12. The molecule has 1 atom stereocenters. The second-order valence-electron chi connectivity index (χ2n) is 4.42. The van der Waals surface area contributed by atoms with E-state index in [1.54, 1.807) is 17.8 Å². The van der Waals surface area contributed by atoms with Gasteiger partial charge < -0.3 is 16.4 Å². The summed E-state index contributed by atoms with van der Waals surface area (Å²) in [4.78, 5) is 23.7. The van der Waals surface area contributed by atoms with E-state index >= 15 is 0 Å². The Hall–Kier alpha value is -1.31. The van der Waals surface area contributed by atoms with Crippen molar-refractivity contribution in [3.05, 3.63) is 29.6 Å². The quantitative estimate of drug-likeness (QED) is 0.766. The fourth-order valence-electron chi connectivity index (χ4n) is 2.01. The Morgan fingerprint density at radius 1 is 1.38 bits per heavy atom. The number of fused-ring (bicyclic) bond motifs is 1. The highest BCUT2D eigenvalue weighted by atomic mass is 35.5. The minimum atomic E-state index is -0.384. The van der Waals surface area contributed by atoms with Gasteiger partial charge in [-0.05, 0) is 30.2 Å². The number of halogens is 2. The smallest absolute Gasteiger partial charge is 0.239 e. The first-order valence-corrected chi connectivity index (χ1v) is 7.27. The van der Waals surface area contributed by atoms with Gasteiger partial charge in [-0.2, -0.15) is 0 Å². The van der Waals surface area contributed by atoms with Crippen molar-refractivity contribution < 1.29 is 14.0 Å². The van der Waals surface area contributed by atoms with Crippen molar-refractivity contribution in [1.82, 2.24) is 10.6 Å². The molecule has 4 N–H and O–H groups in total. The van der Waals surface area contributed by atoms with Crippen molar-refractivity contribution in [2.75, 3.05) is 18.8 Å². The average Bonchev–Trinajstić information content (AvgIpc) is 2.45. The van der Waals surface area contributed by atoms with Crippen LogP contribution in [0.25, 0.3) is 0 Å². The maximum atomic E-state index is 13.3. The molecule has 0 aliphatic carbocycles. The number of benzene rings is 1. The van der Waals surface area contributed by atoms with Gasteiger partial charge in [-0.1, -0.05) is 0 Å². The lowest BCUT2D eigenvalue weighted by Crippen LogP contribution is -2.41. The average molecular weight is 334 g/mol. The predicted octanol–water partition coefficient (Wildman–Crippen LogP) is 0.975. The molecule has 1 aliphatic rings. The molecule has 2 amide bonds. The summed E-state index contributed by atoms with van der Waals surface area (Å²) in [5.41, 5.74) is 5.93. The molecular weight excluding hydrogens is 317 g/mol. The fraction of sp³-hybridized carbons (Fsp3) is 0.385. The van der Waals surface area contributed by atoms with Crippen LogP contribution in [0.3, 0.4) is 0 Å². The minimum Gasteiger partial charge on any atom is -0.348 e. The number of hydrogen-bond donors (Lipinski definition) is 3. The standard InChI is InChI=1S/C13H16FN3O2S.ClH/c14-8-1-2-11-9(5-8)10(3-4-20-11)17-13(19)7-16-12(18)6-15;/h1-2,5,10H,3-4,6-7,15H2,(H,16,18)(H,17,19);1H. The topological polar surface area (TPSA) is 84.2 Å². The molecule has 8 heteroatoms. The van der Waals surface area contributed by atoms with E-state index in [0.29, 0.717) is 0 Å². The van der Waals surface area contributed by atoms with Crippen LogP contribution in [-0.4, -0.2) is 30.7 Å². The summed E-state index contributed by atoms with van der Waals surface area (Å²) in [6.45, 7) is -0.272. The van der Waals surface area contributed by atoms with Crippen LogP contribution in [0.15, 0.2) is 23.1 Å². The normalized spacial score (nSPS) is 16.4. The lowest BCUT2D eigenvalue weighted by atomic mass is 10.0. The Morgan fingerprint density at radius 3 is 2.86 bits per heavy atom. The lowest BCUT2D eigenvalue weighted by molar-refractivity contribution is -0.125. The molecule has 1 unspecified atom stereocenters. The van der Waals surface area contributed by atoms with Crippen molar-refractivity contribution in [2.45, 2.75) is 17.4 Å². The highest BCUT2D eigenvalue weighted by Crippen LogP contribution is 2.36. The second kappa shape index (κ2) is 8.21. The number of hydrogen-bond acceptors (Lipinski definition) is 4. The van der Waals surface area contributed by atoms with Gasteiger partial charge in [-0.15, -0.1) is 24.2 Å².